The van der Waals surface area contributed by atoms with Crippen LogP contribution in [0.1, 0.15) is 32.1 Å². The number of likely N-dealkylation sites (tertiary alicyclic amines) is 2. The van der Waals surface area contributed by atoms with Crippen molar-refractivity contribution in [3.63, 3.8) is 0 Å². The molecule has 0 spiro atoms. The predicted octanol–water partition coefficient (Wildman–Crippen LogP) is 2.35. The maximum absolute atomic E-state index is 12.9. The standard InChI is InChI=1S/C22H27N5O2/c28-19(26-12-8-16(9-13-26)25-10-4-1-5-11-25)14-27-15-23-20-17-6-2-3-7-18(17)24-21(20)22(27)29/h2-3,6-7,15-16,24H,1,4-5,8-14H2. The van der Waals surface area contributed by atoms with Crippen LogP contribution in [0.5, 0.6) is 0 Å². The fraction of sp³-hybridized carbons (Fsp3) is 0.500. The Morgan fingerprint density at radius 2 is 1.83 bits per heavy atom. The third kappa shape index (κ3) is 3.44. The van der Waals surface area contributed by atoms with Crippen molar-refractivity contribution in [3.05, 3.63) is 40.9 Å². The van der Waals surface area contributed by atoms with E-state index >= 15 is 0 Å². The number of hydrogen-bond acceptors (Lipinski definition) is 4. The molecule has 152 valence electrons. The number of nitrogens with one attached hydrogen (secondary N) is 1. The van der Waals surface area contributed by atoms with E-state index in [1.54, 1.807) is 0 Å². The van der Waals surface area contributed by atoms with Crippen LogP contribution >= 0.6 is 0 Å². The maximum atomic E-state index is 12.9. The Morgan fingerprint density at radius 1 is 1.07 bits per heavy atom. The molecule has 5 rings (SSSR count). The first-order valence-electron chi connectivity index (χ1n) is 10.7. The fourth-order valence-corrected chi connectivity index (χ4v) is 4.86. The average Bonchev–Trinajstić information content (AvgIpc) is 3.16. The summed E-state index contributed by atoms with van der Waals surface area (Å²) in [5, 5.41) is 0.929. The summed E-state index contributed by atoms with van der Waals surface area (Å²) in [6, 6.07) is 8.33. The lowest BCUT2D eigenvalue weighted by Gasteiger charge is -2.40. The minimum Gasteiger partial charge on any atom is -0.349 e. The Morgan fingerprint density at radius 3 is 2.62 bits per heavy atom. The van der Waals surface area contributed by atoms with Gasteiger partial charge in [0.2, 0.25) is 5.91 Å². The molecular weight excluding hydrogens is 366 g/mol. The summed E-state index contributed by atoms with van der Waals surface area (Å²) in [4.78, 5) is 37.8. The van der Waals surface area contributed by atoms with Crippen LogP contribution in [0.4, 0.5) is 0 Å². The van der Waals surface area contributed by atoms with E-state index in [0.717, 1.165) is 36.8 Å². The molecule has 3 aromatic rings. The number of nitrogens with zero attached hydrogens (tertiary/aromatic N) is 4. The number of carbonyl (C=O) groups excluding carboxylic acids is 1. The minimum atomic E-state index is -0.192. The summed E-state index contributed by atoms with van der Waals surface area (Å²) in [6.07, 6.45) is 7.50. The number of benzene rings is 1. The highest BCUT2D eigenvalue weighted by molar-refractivity contribution is 6.04. The number of aromatic amines is 1. The Balaban J connectivity index is 1.28. The van der Waals surface area contributed by atoms with E-state index in [1.807, 2.05) is 29.2 Å². The SMILES string of the molecule is O=C(Cn1cnc2c([nH]c3ccccc32)c1=O)N1CCC(N2CCCCC2)CC1. The largest absolute Gasteiger partial charge is 0.349 e. The molecule has 0 saturated carbocycles. The summed E-state index contributed by atoms with van der Waals surface area (Å²) in [7, 11) is 0. The Hall–Kier alpha value is -2.67. The first-order valence-corrected chi connectivity index (χ1v) is 10.7. The Kier molecular flexibility index (Phi) is 4.83. The number of piperidine rings is 2. The summed E-state index contributed by atoms with van der Waals surface area (Å²) in [5.41, 5.74) is 1.82. The summed E-state index contributed by atoms with van der Waals surface area (Å²) < 4.78 is 1.43. The average molecular weight is 393 g/mol. The van der Waals surface area contributed by atoms with Crippen LogP contribution in [0, 0.1) is 0 Å². The van der Waals surface area contributed by atoms with Gasteiger partial charge in [0.25, 0.3) is 5.56 Å². The van der Waals surface area contributed by atoms with Gasteiger partial charge in [-0.2, -0.15) is 0 Å². The fourth-order valence-electron chi connectivity index (χ4n) is 4.86. The molecule has 0 bridgehead atoms. The van der Waals surface area contributed by atoms with E-state index in [2.05, 4.69) is 14.9 Å². The van der Waals surface area contributed by atoms with Gasteiger partial charge in [0.05, 0.1) is 6.33 Å². The molecule has 2 saturated heterocycles. The molecule has 0 unspecified atom stereocenters. The number of amides is 1. The number of hydrogen-bond donors (Lipinski definition) is 1. The highest BCUT2D eigenvalue weighted by atomic mass is 16.2. The van der Waals surface area contributed by atoms with E-state index in [9.17, 15) is 9.59 Å². The molecule has 1 aromatic carbocycles. The van der Waals surface area contributed by atoms with Gasteiger partial charge in [-0.15, -0.1) is 0 Å². The Bertz CT molecular complexity index is 1090. The van der Waals surface area contributed by atoms with E-state index in [4.69, 9.17) is 0 Å². The summed E-state index contributed by atoms with van der Waals surface area (Å²) in [6.45, 7) is 3.99. The highest BCUT2D eigenvalue weighted by Crippen LogP contribution is 2.22. The molecule has 1 N–H and O–H groups in total. The molecule has 29 heavy (non-hydrogen) atoms. The highest BCUT2D eigenvalue weighted by Gasteiger charge is 2.27. The molecule has 2 aromatic heterocycles. The first-order chi connectivity index (χ1) is 14.2. The van der Waals surface area contributed by atoms with Crippen molar-refractivity contribution in [3.8, 4) is 0 Å². The minimum absolute atomic E-state index is 0.00135. The second-order valence-electron chi connectivity index (χ2n) is 8.28. The zero-order chi connectivity index (χ0) is 19.8. The summed E-state index contributed by atoms with van der Waals surface area (Å²) >= 11 is 0. The van der Waals surface area contributed by atoms with Crippen molar-refractivity contribution < 1.29 is 4.79 Å². The lowest BCUT2D eigenvalue weighted by Crippen LogP contribution is -2.49. The van der Waals surface area contributed by atoms with Gasteiger partial charge in [-0.25, -0.2) is 4.98 Å². The molecule has 2 aliphatic heterocycles. The number of fused-ring (bicyclic) bond motifs is 3. The van der Waals surface area contributed by atoms with Crippen LogP contribution in [-0.2, 0) is 11.3 Å². The molecule has 2 fully saturated rings. The topological polar surface area (TPSA) is 74.2 Å². The third-order valence-electron chi connectivity index (χ3n) is 6.51. The molecular formula is C22H27N5O2. The van der Waals surface area contributed by atoms with Crippen LogP contribution in [0.25, 0.3) is 21.9 Å². The molecule has 7 nitrogen and oxygen atoms in total. The predicted molar refractivity (Wildman–Crippen MR) is 113 cm³/mol. The molecule has 0 radical (unpaired) electrons. The van der Waals surface area contributed by atoms with E-state index in [1.165, 1.54) is 43.2 Å². The van der Waals surface area contributed by atoms with Crippen molar-refractivity contribution in [1.82, 2.24) is 24.3 Å². The number of H-pyrrole nitrogens is 1. The lowest BCUT2D eigenvalue weighted by atomic mass is 10.00. The van der Waals surface area contributed by atoms with E-state index in [0.29, 0.717) is 17.1 Å². The quantitative estimate of drug-likeness (QED) is 0.741. The van der Waals surface area contributed by atoms with Gasteiger partial charge in [0.15, 0.2) is 0 Å². The van der Waals surface area contributed by atoms with Crippen molar-refractivity contribution in [2.75, 3.05) is 26.2 Å². The van der Waals surface area contributed by atoms with Crippen molar-refractivity contribution >= 4 is 27.8 Å². The van der Waals surface area contributed by atoms with Gasteiger partial charge in [0, 0.05) is 30.0 Å². The van der Waals surface area contributed by atoms with Crippen molar-refractivity contribution in [1.29, 1.82) is 0 Å². The van der Waals surface area contributed by atoms with E-state index in [-0.39, 0.29) is 18.0 Å². The monoisotopic (exact) mass is 393 g/mol. The Labute approximate surface area is 169 Å². The van der Waals surface area contributed by atoms with E-state index < -0.39 is 0 Å². The molecule has 7 heteroatoms. The van der Waals surface area contributed by atoms with Crippen LogP contribution in [-0.4, -0.2) is 62.5 Å². The third-order valence-corrected chi connectivity index (χ3v) is 6.51. The zero-order valence-corrected chi connectivity index (χ0v) is 16.6. The van der Waals surface area contributed by atoms with Crippen LogP contribution in [0.3, 0.4) is 0 Å². The first kappa shape index (κ1) is 18.4. The number of para-hydroxylation sites is 1. The number of carbonyl (C=O) groups is 1. The van der Waals surface area contributed by atoms with Gasteiger partial charge in [0.1, 0.15) is 17.6 Å². The molecule has 4 heterocycles. The second-order valence-corrected chi connectivity index (χ2v) is 8.28. The van der Waals surface area contributed by atoms with Gasteiger partial charge >= 0.3 is 0 Å². The normalized spacial score (nSPS) is 19.2. The van der Waals surface area contributed by atoms with Gasteiger partial charge < -0.3 is 14.8 Å². The van der Waals surface area contributed by atoms with Crippen LogP contribution in [0.15, 0.2) is 35.4 Å². The molecule has 0 atom stereocenters. The maximum Gasteiger partial charge on any atom is 0.278 e. The summed E-state index contributed by atoms with van der Waals surface area (Å²) in [5.74, 6) is 0.00135. The molecule has 1 amide bonds. The van der Waals surface area contributed by atoms with Crippen molar-refractivity contribution in [2.24, 2.45) is 0 Å². The van der Waals surface area contributed by atoms with Crippen LogP contribution in [0.2, 0.25) is 0 Å². The lowest BCUT2D eigenvalue weighted by molar-refractivity contribution is -0.133. The molecule has 2 aliphatic rings. The van der Waals surface area contributed by atoms with Gasteiger partial charge in [-0.05, 0) is 44.8 Å². The van der Waals surface area contributed by atoms with Crippen LogP contribution < -0.4 is 5.56 Å². The number of rotatable bonds is 3. The van der Waals surface area contributed by atoms with Crippen molar-refractivity contribution in [2.45, 2.75) is 44.7 Å². The zero-order valence-electron chi connectivity index (χ0n) is 16.6. The molecule has 0 aliphatic carbocycles. The van der Waals surface area contributed by atoms with Gasteiger partial charge in [-0.1, -0.05) is 24.6 Å². The smallest absolute Gasteiger partial charge is 0.278 e. The second kappa shape index (κ2) is 7.63. The number of aromatic nitrogens is 3. The van der Waals surface area contributed by atoms with Gasteiger partial charge in [-0.3, -0.25) is 14.2 Å².